The highest BCUT2D eigenvalue weighted by Crippen LogP contribution is 2.35. The zero-order valence-corrected chi connectivity index (χ0v) is 13.8. The van der Waals surface area contributed by atoms with Gasteiger partial charge >= 0.3 is 0 Å². The number of hydrogen-bond acceptors (Lipinski definition) is 3. The van der Waals surface area contributed by atoms with Crippen molar-refractivity contribution in [3.8, 4) is 0 Å². The molecule has 1 fully saturated rings. The molecule has 1 aromatic heterocycles. The topological polar surface area (TPSA) is 21.3 Å². The lowest BCUT2D eigenvalue weighted by Crippen LogP contribution is -2.37. The van der Waals surface area contributed by atoms with Crippen molar-refractivity contribution in [3.63, 3.8) is 0 Å². The third-order valence-electron chi connectivity index (χ3n) is 4.65. The number of rotatable bonds is 7. The molecular weight excluding hydrogens is 278 g/mol. The number of thiophene rings is 1. The Labute approximate surface area is 131 Å². The average molecular weight is 303 g/mol. The maximum atomic E-state index is 5.67. The van der Waals surface area contributed by atoms with Gasteiger partial charge in [0.1, 0.15) is 0 Å². The van der Waals surface area contributed by atoms with E-state index in [4.69, 9.17) is 4.74 Å². The predicted octanol–water partition coefficient (Wildman–Crippen LogP) is 4.24. The molecule has 1 N–H and O–H groups in total. The molecule has 0 spiro atoms. The molecule has 3 heteroatoms. The summed E-state index contributed by atoms with van der Waals surface area (Å²) in [7, 11) is 2.10. The summed E-state index contributed by atoms with van der Waals surface area (Å²) in [5.41, 5.74) is 1.50. The minimum atomic E-state index is 0.527. The number of ether oxygens (including phenoxy) is 1. The van der Waals surface area contributed by atoms with Crippen LogP contribution < -0.4 is 5.32 Å². The van der Waals surface area contributed by atoms with Crippen molar-refractivity contribution in [2.45, 2.75) is 44.8 Å². The normalized spacial score (nSPS) is 23.1. The van der Waals surface area contributed by atoms with Gasteiger partial charge in [-0.2, -0.15) is 0 Å². The summed E-state index contributed by atoms with van der Waals surface area (Å²) < 4.78 is 7.07. The molecule has 2 aromatic rings. The quantitative estimate of drug-likeness (QED) is 0.826. The van der Waals surface area contributed by atoms with Crippen LogP contribution in [0.4, 0.5) is 0 Å². The van der Waals surface area contributed by atoms with Gasteiger partial charge in [-0.15, -0.1) is 11.3 Å². The highest BCUT2D eigenvalue weighted by atomic mass is 32.1. The fourth-order valence-electron chi connectivity index (χ4n) is 3.40. The fraction of sp³-hybridized carbons (Fsp3) is 0.556. The maximum Gasteiger partial charge on any atom is 0.0580 e. The van der Waals surface area contributed by atoms with E-state index in [-0.39, 0.29) is 0 Å². The summed E-state index contributed by atoms with van der Waals surface area (Å²) in [5, 5.41) is 7.28. The van der Waals surface area contributed by atoms with Crippen molar-refractivity contribution in [1.29, 1.82) is 0 Å². The molecule has 0 bridgehead atoms. The van der Waals surface area contributed by atoms with Crippen molar-refractivity contribution < 1.29 is 4.74 Å². The molecular formula is C18H25NOS. The molecule has 0 saturated heterocycles. The SMILES string of the molecule is CCOC1CC(CC(Cc2csc3ccccc23)NC)C1. The molecule has 0 radical (unpaired) electrons. The Balaban J connectivity index is 1.58. The molecule has 1 atom stereocenters. The van der Waals surface area contributed by atoms with E-state index in [9.17, 15) is 0 Å². The molecule has 1 aliphatic carbocycles. The van der Waals surface area contributed by atoms with Crippen molar-refractivity contribution in [3.05, 3.63) is 35.2 Å². The molecule has 1 saturated carbocycles. The third kappa shape index (κ3) is 3.47. The van der Waals surface area contributed by atoms with Crippen LogP contribution in [0, 0.1) is 5.92 Å². The zero-order chi connectivity index (χ0) is 14.7. The van der Waals surface area contributed by atoms with Gasteiger partial charge in [0.15, 0.2) is 0 Å². The van der Waals surface area contributed by atoms with Gasteiger partial charge in [0, 0.05) is 17.3 Å². The van der Waals surface area contributed by atoms with Crippen LogP contribution in [-0.2, 0) is 11.2 Å². The van der Waals surface area contributed by atoms with Crippen molar-refractivity contribution in [1.82, 2.24) is 5.32 Å². The summed E-state index contributed by atoms with van der Waals surface area (Å²) in [6.07, 6.45) is 5.42. The Kier molecular flexibility index (Phi) is 4.94. The summed E-state index contributed by atoms with van der Waals surface area (Å²) in [6.45, 7) is 2.94. The second kappa shape index (κ2) is 6.91. The van der Waals surface area contributed by atoms with Gasteiger partial charge in [0.05, 0.1) is 6.10 Å². The molecule has 3 rings (SSSR count). The van der Waals surface area contributed by atoms with Crippen molar-refractivity contribution >= 4 is 21.4 Å². The zero-order valence-electron chi connectivity index (χ0n) is 13.0. The monoisotopic (exact) mass is 303 g/mol. The number of hydrogen-bond donors (Lipinski definition) is 1. The van der Waals surface area contributed by atoms with Crippen LogP contribution in [0.3, 0.4) is 0 Å². The largest absolute Gasteiger partial charge is 0.378 e. The number of fused-ring (bicyclic) bond motifs is 1. The Hall–Kier alpha value is -0.900. The van der Waals surface area contributed by atoms with Crippen LogP contribution in [0.2, 0.25) is 0 Å². The average Bonchev–Trinajstić information content (AvgIpc) is 2.87. The number of benzene rings is 1. The van der Waals surface area contributed by atoms with E-state index in [1.807, 2.05) is 11.3 Å². The van der Waals surface area contributed by atoms with Crippen LogP contribution in [0.15, 0.2) is 29.6 Å². The van der Waals surface area contributed by atoms with Gasteiger partial charge in [0.25, 0.3) is 0 Å². The van der Waals surface area contributed by atoms with Gasteiger partial charge in [-0.3, -0.25) is 0 Å². The molecule has 2 nitrogen and oxygen atoms in total. The first-order chi connectivity index (χ1) is 10.3. The van der Waals surface area contributed by atoms with Crippen LogP contribution in [0.25, 0.3) is 10.1 Å². The molecule has 0 aliphatic heterocycles. The van der Waals surface area contributed by atoms with Crippen LogP contribution in [0.1, 0.15) is 31.7 Å². The molecule has 1 aliphatic rings. The van der Waals surface area contributed by atoms with E-state index >= 15 is 0 Å². The van der Waals surface area contributed by atoms with E-state index in [1.54, 1.807) is 0 Å². The first kappa shape index (κ1) is 15.0. The fourth-order valence-corrected chi connectivity index (χ4v) is 4.38. The lowest BCUT2D eigenvalue weighted by molar-refractivity contribution is -0.0288. The van der Waals surface area contributed by atoms with Gasteiger partial charge in [-0.1, -0.05) is 18.2 Å². The van der Waals surface area contributed by atoms with Gasteiger partial charge in [-0.25, -0.2) is 0 Å². The van der Waals surface area contributed by atoms with Gasteiger partial charge in [-0.05, 0) is 68.0 Å². The highest BCUT2D eigenvalue weighted by molar-refractivity contribution is 7.17. The standard InChI is InChI=1S/C18H25NOS/c1-3-20-16-9-13(10-16)8-15(19-2)11-14-12-21-18-7-5-4-6-17(14)18/h4-7,12-13,15-16,19H,3,8-11H2,1-2H3. The Morgan fingerprint density at radius 2 is 2.14 bits per heavy atom. The summed E-state index contributed by atoms with van der Waals surface area (Å²) in [5.74, 6) is 0.837. The first-order valence-electron chi connectivity index (χ1n) is 8.04. The molecule has 114 valence electrons. The Bertz CT molecular complexity index is 573. The van der Waals surface area contributed by atoms with Crippen molar-refractivity contribution in [2.75, 3.05) is 13.7 Å². The van der Waals surface area contributed by atoms with E-state index in [2.05, 4.69) is 48.9 Å². The summed E-state index contributed by atoms with van der Waals surface area (Å²) >= 11 is 1.86. The second-order valence-corrected chi connectivity index (χ2v) is 7.01. The Morgan fingerprint density at radius 3 is 2.90 bits per heavy atom. The minimum Gasteiger partial charge on any atom is -0.378 e. The lowest BCUT2D eigenvalue weighted by atomic mass is 9.77. The molecule has 1 aromatic carbocycles. The van der Waals surface area contributed by atoms with E-state index in [1.165, 1.54) is 34.9 Å². The molecule has 1 unspecified atom stereocenters. The molecule has 1 heterocycles. The highest BCUT2D eigenvalue weighted by Gasteiger charge is 2.31. The van der Waals surface area contributed by atoms with E-state index < -0.39 is 0 Å². The maximum absolute atomic E-state index is 5.67. The second-order valence-electron chi connectivity index (χ2n) is 6.10. The van der Waals surface area contributed by atoms with Crippen molar-refractivity contribution in [2.24, 2.45) is 5.92 Å². The molecule has 0 amide bonds. The lowest BCUT2D eigenvalue weighted by Gasteiger charge is -2.37. The van der Waals surface area contributed by atoms with Crippen LogP contribution in [0.5, 0.6) is 0 Å². The summed E-state index contributed by atoms with van der Waals surface area (Å²) in [4.78, 5) is 0. The van der Waals surface area contributed by atoms with Crippen LogP contribution >= 0.6 is 11.3 Å². The van der Waals surface area contributed by atoms with Gasteiger partial charge in [0.2, 0.25) is 0 Å². The smallest absolute Gasteiger partial charge is 0.0580 e. The van der Waals surface area contributed by atoms with E-state index in [0.717, 1.165) is 18.9 Å². The Morgan fingerprint density at radius 1 is 1.33 bits per heavy atom. The third-order valence-corrected chi connectivity index (χ3v) is 5.66. The van der Waals surface area contributed by atoms with Crippen LogP contribution in [-0.4, -0.2) is 25.8 Å². The number of likely N-dealkylation sites (N-methyl/N-ethyl adjacent to an activating group) is 1. The minimum absolute atomic E-state index is 0.527. The van der Waals surface area contributed by atoms with E-state index in [0.29, 0.717) is 12.1 Å². The summed E-state index contributed by atoms with van der Waals surface area (Å²) in [6, 6.07) is 9.32. The molecule has 21 heavy (non-hydrogen) atoms. The van der Waals surface area contributed by atoms with Gasteiger partial charge < -0.3 is 10.1 Å². The first-order valence-corrected chi connectivity index (χ1v) is 8.92. The predicted molar refractivity (Wildman–Crippen MR) is 91.1 cm³/mol. The number of nitrogens with one attached hydrogen (secondary N) is 1.